The third kappa shape index (κ3) is 3.76. The fourth-order valence-electron chi connectivity index (χ4n) is 4.48. The molecule has 5 rings (SSSR count). The number of benzene rings is 1. The number of likely N-dealkylation sites (N-methyl/N-ethyl adjacent to an activating group) is 1. The second-order valence-electron chi connectivity index (χ2n) is 8.64. The van der Waals surface area contributed by atoms with Crippen LogP contribution < -0.4 is 15.8 Å². The van der Waals surface area contributed by atoms with E-state index in [2.05, 4.69) is 70.2 Å². The van der Waals surface area contributed by atoms with Gasteiger partial charge in [0.25, 0.3) is 0 Å². The van der Waals surface area contributed by atoms with Gasteiger partial charge in [-0.15, -0.1) is 0 Å². The van der Waals surface area contributed by atoms with E-state index in [4.69, 9.17) is 0 Å². The number of aromatic amines is 1. The van der Waals surface area contributed by atoms with Crippen LogP contribution in [0.2, 0.25) is 0 Å². The molecule has 1 saturated heterocycles. The van der Waals surface area contributed by atoms with Gasteiger partial charge in [0, 0.05) is 66.8 Å². The van der Waals surface area contributed by atoms with E-state index < -0.39 is 0 Å². The maximum Gasteiger partial charge on any atom is 0.248 e. The van der Waals surface area contributed by atoms with Crippen molar-refractivity contribution in [3.05, 3.63) is 77.5 Å². The van der Waals surface area contributed by atoms with E-state index in [-0.39, 0.29) is 5.56 Å². The average Bonchev–Trinajstić information content (AvgIpc) is 3.28. The summed E-state index contributed by atoms with van der Waals surface area (Å²) in [5.74, 6) is 0. The summed E-state index contributed by atoms with van der Waals surface area (Å²) >= 11 is 0. The highest BCUT2D eigenvalue weighted by Crippen LogP contribution is 2.28. The molecule has 1 fully saturated rings. The van der Waals surface area contributed by atoms with Crippen LogP contribution in [0.15, 0.2) is 71.9 Å². The molecule has 0 spiro atoms. The van der Waals surface area contributed by atoms with Gasteiger partial charge in [0.2, 0.25) is 5.56 Å². The van der Waals surface area contributed by atoms with Crippen LogP contribution in [0.4, 0.5) is 17.1 Å². The number of anilines is 3. The number of aromatic nitrogens is 3. The summed E-state index contributed by atoms with van der Waals surface area (Å²) in [6, 6.07) is 17.2. The highest BCUT2D eigenvalue weighted by molar-refractivity contribution is 5.78. The predicted molar refractivity (Wildman–Crippen MR) is 130 cm³/mol. The molecule has 4 heterocycles. The largest absolute Gasteiger partial charge is 0.368 e. The Morgan fingerprint density at radius 3 is 2.50 bits per heavy atom. The van der Waals surface area contributed by atoms with Crippen molar-refractivity contribution in [3.8, 4) is 11.3 Å². The van der Waals surface area contributed by atoms with Gasteiger partial charge in [0.1, 0.15) is 0 Å². The van der Waals surface area contributed by atoms with E-state index in [1.807, 2.05) is 28.8 Å². The molecule has 0 amide bonds. The van der Waals surface area contributed by atoms with Crippen LogP contribution in [0, 0.1) is 0 Å². The van der Waals surface area contributed by atoms with Gasteiger partial charge in [0.15, 0.2) is 5.65 Å². The normalized spacial score (nSPS) is 19.4. The zero-order chi connectivity index (χ0) is 22.2. The number of nitrogens with one attached hydrogen (secondary N) is 2. The van der Waals surface area contributed by atoms with Gasteiger partial charge >= 0.3 is 0 Å². The number of rotatable bonds is 4. The maximum absolute atomic E-state index is 11.7. The topological polar surface area (TPSA) is 68.7 Å². The molecule has 4 aromatic rings. The van der Waals surface area contributed by atoms with E-state index >= 15 is 0 Å². The molecular weight excluding hydrogens is 400 g/mol. The number of fused-ring (bicyclic) bond motifs is 1. The number of pyridine rings is 2. The summed E-state index contributed by atoms with van der Waals surface area (Å²) in [6.45, 7) is 6.63. The molecule has 2 atom stereocenters. The zero-order valence-electron chi connectivity index (χ0n) is 18.6. The molecule has 164 valence electrons. The molecule has 7 nitrogen and oxygen atoms in total. The van der Waals surface area contributed by atoms with Gasteiger partial charge in [0.05, 0.1) is 11.4 Å². The smallest absolute Gasteiger partial charge is 0.248 e. The predicted octanol–water partition coefficient (Wildman–Crippen LogP) is 3.96. The molecule has 0 bridgehead atoms. The minimum atomic E-state index is -0.123. The van der Waals surface area contributed by atoms with E-state index in [1.165, 1.54) is 5.69 Å². The van der Waals surface area contributed by atoms with Gasteiger partial charge in [-0.05, 0) is 63.4 Å². The maximum atomic E-state index is 11.7. The first kappa shape index (κ1) is 20.3. The second-order valence-corrected chi connectivity index (χ2v) is 8.64. The van der Waals surface area contributed by atoms with Gasteiger partial charge in [-0.25, -0.2) is 4.98 Å². The quantitative estimate of drug-likeness (QED) is 0.515. The first-order chi connectivity index (χ1) is 15.5. The third-order valence-electron chi connectivity index (χ3n) is 6.49. The Kier molecular flexibility index (Phi) is 5.19. The number of H-pyrrole nitrogens is 1. The van der Waals surface area contributed by atoms with E-state index in [9.17, 15) is 4.79 Å². The van der Waals surface area contributed by atoms with E-state index in [0.29, 0.717) is 12.1 Å². The van der Waals surface area contributed by atoms with Crippen LogP contribution in [0.1, 0.15) is 13.8 Å². The zero-order valence-corrected chi connectivity index (χ0v) is 18.6. The molecule has 2 N–H and O–H groups in total. The Bertz CT molecular complexity index is 1280. The second kappa shape index (κ2) is 8.16. The SMILES string of the molecule is CC1CN(c2ccc(Nc3ccc(-c4cc[nH]c(=O)c4)n4ccnc34)cc2)CC(C)N1C. The first-order valence-corrected chi connectivity index (χ1v) is 11.0. The number of nitrogens with zero attached hydrogens (tertiary/aromatic N) is 4. The van der Waals surface area contributed by atoms with Crippen molar-refractivity contribution in [1.82, 2.24) is 19.3 Å². The molecule has 32 heavy (non-hydrogen) atoms. The lowest BCUT2D eigenvalue weighted by molar-refractivity contribution is 0.170. The Morgan fingerprint density at radius 2 is 1.78 bits per heavy atom. The van der Waals surface area contributed by atoms with Gasteiger partial charge in [-0.2, -0.15) is 0 Å². The minimum Gasteiger partial charge on any atom is -0.368 e. The van der Waals surface area contributed by atoms with Crippen molar-refractivity contribution in [2.75, 3.05) is 30.4 Å². The van der Waals surface area contributed by atoms with Crippen LogP contribution in [-0.4, -0.2) is 51.5 Å². The molecule has 0 radical (unpaired) electrons. The lowest BCUT2D eigenvalue weighted by Gasteiger charge is -2.43. The van der Waals surface area contributed by atoms with Crippen molar-refractivity contribution < 1.29 is 0 Å². The molecule has 2 unspecified atom stereocenters. The van der Waals surface area contributed by atoms with Crippen LogP contribution in [0.5, 0.6) is 0 Å². The number of hydrogen-bond donors (Lipinski definition) is 2. The Hall–Kier alpha value is -3.58. The highest BCUT2D eigenvalue weighted by Gasteiger charge is 2.26. The fraction of sp³-hybridized carbons (Fsp3) is 0.280. The monoisotopic (exact) mass is 428 g/mol. The van der Waals surface area contributed by atoms with Crippen molar-refractivity contribution >= 4 is 22.7 Å². The Balaban J connectivity index is 1.39. The minimum absolute atomic E-state index is 0.123. The van der Waals surface area contributed by atoms with E-state index in [0.717, 1.165) is 41.4 Å². The fourth-order valence-corrected chi connectivity index (χ4v) is 4.48. The van der Waals surface area contributed by atoms with Crippen LogP contribution in [0.25, 0.3) is 16.9 Å². The highest BCUT2D eigenvalue weighted by atomic mass is 16.1. The van der Waals surface area contributed by atoms with Gasteiger partial charge in [-0.3, -0.25) is 14.1 Å². The lowest BCUT2D eigenvalue weighted by Crippen LogP contribution is -2.55. The average molecular weight is 429 g/mol. The summed E-state index contributed by atoms with van der Waals surface area (Å²) in [4.78, 5) is 23.8. The summed E-state index contributed by atoms with van der Waals surface area (Å²) in [5, 5.41) is 3.50. The van der Waals surface area contributed by atoms with Crippen molar-refractivity contribution in [1.29, 1.82) is 0 Å². The third-order valence-corrected chi connectivity index (χ3v) is 6.49. The summed E-state index contributed by atoms with van der Waals surface area (Å²) < 4.78 is 2.00. The Morgan fingerprint density at radius 1 is 1.03 bits per heavy atom. The standard InChI is InChI=1S/C25H28N6O/c1-17-15-30(16-18(2)29(17)3)21-6-4-20(5-7-21)28-22-8-9-23(31-13-12-27-25(22)31)19-10-11-26-24(32)14-19/h4-14,17-18,28H,15-16H2,1-3H3,(H,26,32). The van der Waals surface area contributed by atoms with Crippen molar-refractivity contribution in [2.45, 2.75) is 25.9 Å². The van der Waals surface area contributed by atoms with Gasteiger partial charge in [-0.1, -0.05) is 0 Å². The molecule has 1 aliphatic heterocycles. The lowest BCUT2D eigenvalue weighted by atomic mass is 10.1. The summed E-state index contributed by atoms with van der Waals surface area (Å²) in [6.07, 6.45) is 5.35. The first-order valence-electron chi connectivity index (χ1n) is 11.0. The number of piperazine rings is 1. The number of hydrogen-bond acceptors (Lipinski definition) is 5. The molecular formula is C25H28N6O. The van der Waals surface area contributed by atoms with Crippen LogP contribution in [-0.2, 0) is 0 Å². The number of imidazole rings is 1. The molecule has 7 heteroatoms. The molecule has 1 aliphatic rings. The molecule has 0 saturated carbocycles. The van der Waals surface area contributed by atoms with Crippen molar-refractivity contribution in [2.24, 2.45) is 0 Å². The summed E-state index contributed by atoms with van der Waals surface area (Å²) in [5.41, 5.74) is 5.63. The molecule has 1 aromatic carbocycles. The van der Waals surface area contributed by atoms with Crippen LogP contribution >= 0.6 is 0 Å². The van der Waals surface area contributed by atoms with Gasteiger partial charge < -0.3 is 15.2 Å². The molecule has 0 aliphatic carbocycles. The summed E-state index contributed by atoms with van der Waals surface area (Å²) in [7, 11) is 2.21. The van der Waals surface area contributed by atoms with Crippen molar-refractivity contribution in [3.63, 3.8) is 0 Å². The van der Waals surface area contributed by atoms with E-state index in [1.54, 1.807) is 18.5 Å². The Labute approximate surface area is 187 Å². The van der Waals surface area contributed by atoms with Crippen LogP contribution in [0.3, 0.4) is 0 Å². The molecule has 3 aromatic heterocycles.